The van der Waals surface area contributed by atoms with Gasteiger partial charge in [-0.15, -0.1) is 0 Å². The molecule has 1 aliphatic rings. The third kappa shape index (κ3) is 4.79. The van der Waals surface area contributed by atoms with Crippen molar-refractivity contribution in [3.63, 3.8) is 0 Å². The fraction of sp³-hybridized carbons (Fsp3) is 0.238. The Morgan fingerprint density at radius 2 is 2.09 bits per heavy atom. The van der Waals surface area contributed by atoms with Crippen LogP contribution in [0.5, 0.6) is 0 Å². The number of aromatic amines is 1. The largest absolute Gasteiger partial charge is 0.343 e. The van der Waals surface area contributed by atoms with E-state index >= 15 is 0 Å². The number of pyridine rings is 1. The van der Waals surface area contributed by atoms with Gasteiger partial charge in [0.15, 0.2) is 5.82 Å². The van der Waals surface area contributed by atoms with Crippen LogP contribution in [0.4, 0.5) is 14.5 Å². The van der Waals surface area contributed by atoms with Gasteiger partial charge in [0.05, 0.1) is 47.6 Å². The second kappa shape index (κ2) is 9.03. The molecule has 0 radical (unpaired) electrons. The lowest BCUT2D eigenvalue weighted by Crippen LogP contribution is -2.43. The summed E-state index contributed by atoms with van der Waals surface area (Å²) in [6.07, 6.45) is 1.79. The summed E-state index contributed by atoms with van der Waals surface area (Å²) in [6.45, 7) is -1.49. The van der Waals surface area contributed by atoms with E-state index < -0.39 is 49.2 Å². The molecule has 3 heterocycles. The van der Waals surface area contributed by atoms with Crippen LogP contribution in [0.15, 0.2) is 36.7 Å². The molecule has 0 aliphatic carbocycles. The van der Waals surface area contributed by atoms with Gasteiger partial charge >= 0.3 is 0 Å². The van der Waals surface area contributed by atoms with E-state index in [0.29, 0.717) is 16.1 Å². The highest BCUT2D eigenvalue weighted by atomic mass is 35.5. The second-order valence-electron chi connectivity index (χ2n) is 7.53. The minimum Gasteiger partial charge on any atom is -0.343 e. The van der Waals surface area contributed by atoms with Gasteiger partial charge in [-0.05, 0) is 24.3 Å². The van der Waals surface area contributed by atoms with Crippen molar-refractivity contribution in [3.05, 3.63) is 53.1 Å². The fourth-order valence-electron chi connectivity index (χ4n) is 3.51. The SMILES string of the molecule is N#CC1CC(F)(F)CN1C(=O)CNC(=O)c1ccncc1NC(=O)c1nc2ccc(Cl)cc2[nH]1. The molecule has 1 saturated heterocycles. The molecule has 1 fully saturated rings. The lowest BCUT2D eigenvalue weighted by atomic mass is 10.2. The number of H-pyrrole nitrogens is 1. The molecule has 0 bridgehead atoms. The minimum atomic E-state index is -3.16. The maximum atomic E-state index is 13.6. The van der Waals surface area contributed by atoms with E-state index in [1.807, 2.05) is 0 Å². The Kier molecular flexibility index (Phi) is 6.12. The summed E-state index contributed by atoms with van der Waals surface area (Å²) in [7, 11) is 0. The number of hydrogen-bond acceptors (Lipinski definition) is 6. The van der Waals surface area contributed by atoms with Crippen molar-refractivity contribution < 1.29 is 23.2 Å². The van der Waals surface area contributed by atoms with E-state index in [0.717, 1.165) is 4.90 Å². The molecular weight excluding hydrogens is 472 g/mol. The molecule has 3 amide bonds. The molecule has 1 unspecified atom stereocenters. The van der Waals surface area contributed by atoms with Crippen LogP contribution in [0, 0.1) is 11.3 Å². The number of imidazole rings is 1. The van der Waals surface area contributed by atoms with E-state index in [9.17, 15) is 23.2 Å². The van der Waals surface area contributed by atoms with Gasteiger partial charge in [-0.25, -0.2) is 13.8 Å². The first-order valence-corrected chi connectivity index (χ1v) is 10.3. The lowest BCUT2D eigenvalue weighted by molar-refractivity contribution is -0.131. The van der Waals surface area contributed by atoms with Gasteiger partial charge in [0.2, 0.25) is 5.91 Å². The second-order valence-corrected chi connectivity index (χ2v) is 7.97. The van der Waals surface area contributed by atoms with Crippen LogP contribution in [0.2, 0.25) is 5.02 Å². The maximum absolute atomic E-state index is 13.6. The number of aromatic nitrogens is 3. The Morgan fingerprint density at radius 3 is 2.85 bits per heavy atom. The Hall–Kier alpha value is -4.11. The van der Waals surface area contributed by atoms with Crippen molar-refractivity contribution >= 4 is 46.0 Å². The van der Waals surface area contributed by atoms with Crippen LogP contribution >= 0.6 is 11.6 Å². The van der Waals surface area contributed by atoms with Gasteiger partial charge in [0.25, 0.3) is 17.7 Å². The molecule has 2 aromatic heterocycles. The zero-order valence-corrected chi connectivity index (χ0v) is 18.1. The number of fused-ring (bicyclic) bond motifs is 1. The number of anilines is 1. The number of likely N-dealkylation sites (tertiary alicyclic amines) is 1. The highest BCUT2D eigenvalue weighted by Crippen LogP contribution is 2.31. The number of benzene rings is 1. The Balaban J connectivity index is 1.44. The molecule has 0 saturated carbocycles. The van der Waals surface area contributed by atoms with Gasteiger partial charge in [-0.2, -0.15) is 5.26 Å². The number of hydrogen-bond donors (Lipinski definition) is 3. The summed E-state index contributed by atoms with van der Waals surface area (Å²) in [4.78, 5) is 49.2. The molecule has 0 spiro atoms. The number of alkyl halides is 2. The number of carbonyl (C=O) groups is 3. The van der Waals surface area contributed by atoms with E-state index in [4.69, 9.17) is 16.9 Å². The van der Waals surface area contributed by atoms with E-state index in [-0.39, 0.29) is 17.1 Å². The predicted octanol–water partition coefficient (Wildman–Crippen LogP) is 2.35. The molecule has 34 heavy (non-hydrogen) atoms. The van der Waals surface area contributed by atoms with Crippen LogP contribution in [-0.4, -0.2) is 62.6 Å². The summed E-state index contributed by atoms with van der Waals surface area (Å²) >= 11 is 5.94. The first kappa shape index (κ1) is 23.1. The van der Waals surface area contributed by atoms with Crippen LogP contribution in [-0.2, 0) is 4.79 Å². The maximum Gasteiger partial charge on any atom is 0.291 e. The lowest BCUT2D eigenvalue weighted by Gasteiger charge is -2.19. The summed E-state index contributed by atoms with van der Waals surface area (Å²) < 4.78 is 27.1. The van der Waals surface area contributed by atoms with Crippen molar-refractivity contribution in [2.45, 2.75) is 18.4 Å². The topological polar surface area (TPSA) is 144 Å². The third-order valence-corrected chi connectivity index (χ3v) is 5.35. The van der Waals surface area contributed by atoms with Gasteiger partial charge in [-0.3, -0.25) is 19.4 Å². The Labute approximate surface area is 195 Å². The van der Waals surface area contributed by atoms with Gasteiger partial charge in [0.1, 0.15) is 6.04 Å². The number of rotatable bonds is 5. The number of amides is 3. The van der Waals surface area contributed by atoms with Crippen molar-refractivity contribution in [2.24, 2.45) is 0 Å². The molecule has 174 valence electrons. The van der Waals surface area contributed by atoms with Crippen molar-refractivity contribution in [1.82, 2.24) is 25.2 Å². The zero-order chi connectivity index (χ0) is 24.5. The Bertz CT molecular complexity index is 1340. The fourth-order valence-corrected chi connectivity index (χ4v) is 3.68. The van der Waals surface area contributed by atoms with Crippen molar-refractivity contribution in [1.29, 1.82) is 5.26 Å². The molecule has 10 nitrogen and oxygen atoms in total. The minimum absolute atomic E-state index is 0.0149. The van der Waals surface area contributed by atoms with E-state index in [2.05, 4.69) is 25.6 Å². The molecule has 4 rings (SSSR count). The molecule has 1 aromatic carbocycles. The summed E-state index contributed by atoms with van der Waals surface area (Å²) in [5.41, 5.74) is 1.08. The first-order chi connectivity index (χ1) is 16.2. The summed E-state index contributed by atoms with van der Waals surface area (Å²) in [6, 6.07) is 6.58. The molecule has 13 heteroatoms. The third-order valence-electron chi connectivity index (χ3n) is 5.11. The van der Waals surface area contributed by atoms with E-state index in [1.165, 1.54) is 18.5 Å². The number of nitrogens with zero attached hydrogens (tertiary/aromatic N) is 4. The van der Waals surface area contributed by atoms with Crippen LogP contribution in [0.25, 0.3) is 11.0 Å². The number of halogens is 3. The van der Waals surface area contributed by atoms with Crippen molar-refractivity contribution in [2.75, 3.05) is 18.4 Å². The van der Waals surface area contributed by atoms with Gasteiger partial charge in [-0.1, -0.05) is 11.6 Å². The van der Waals surface area contributed by atoms with Crippen LogP contribution in [0.3, 0.4) is 0 Å². The molecule has 3 aromatic rings. The normalized spacial score (nSPS) is 16.8. The van der Waals surface area contributed by atoms with Crippen molar-refractivity contribution in [3.8, 4) is 6.07 Å². The molecular formula is C21H16ClF2N7O3. The van der Waals surface area contributed by atoms with Crippen LogP contribution < -0.4 is 10.6 Å². The number of carbonyl (C=O) groups excluding carboxylic acids is 3. The molecule has 3 N–H and O–H groups in total. The van der Waals surface area contributed by atoms with Gasteiger partial charge < -0.3 is 20.5 Å². The standard InChI is InChI=1S/C21H16ClF2N7O3/c22-11-1-2-14-15(5-11)29-18(28-14)20(34)30-16-8-26-4-3-13(16)19(33)27-9-17(32)31-10-21(23,24)6-12(31)7-25/h1-5,8,12H,6,9-10H2,(H,27,33)(H,28,29)(H,30,34). The monoisotopic (exact) mass is 487 g/mol. The average Bonchev–Trinajstić information content (AvgIpc) is 3.37. The van der Waals surface area contributed by atoms with Gasteiger partial charge in [0, 0.05) is 17.6 Å². The molecule has 1 atom stereocenters. The average molecular weight is 488 g/mol. The summed E-state index contributed by atoms with van der Waals surface area (Å²) in [5, 5.41) is 14.3. The van der Waals surface area contributed by atoms with E-state index in [1.54, 1.807) is 24.3 Å². The highest BCUT2D eigenvalue weighted by molar-refractivity contribution is 6.31. The Morgan fingerprint density at radius 1 is 1.29 bits per heavy atom. The molecule has 1 aliphatic heterocycles. The highest BCUT2D eigenvalue weighted by Gasteiger charge is 2.47. The zero-order valence-electron chi connectivity index (χ0n) is 17.3. The predicted molar refractivity (Wildman–Crippen MR) is 116 cm³/mol. The summed E-state index contributed by atoms with van der Waals surface area (Å²) in [5.74, 6) is -5.41. The smallest absolute Gasteiger partial charge is 0.291 e. The first-order valence-electron chi connectivity index (χ1n) is 9.92. The number of nitrogens with one attached hydrogen (secondary N) is 3. The quantitative estimate of drug-likeness (QED) is 0.504. The number of nitriles is 1. The van der Waals surface area contributed by atoms with Crippen LogP contribution in [0.1, 0.15) is 27.4 Å².